The van der Waals surface area contributed by atoms with Crippen LogP contribution in [0.15, 0.2) is 48.8 Å². The molecule has 1 N–H and O–H groups in total. The number of anilines is 1. The van der Waals surface area contributed by atoms with Crippen LogP contribution in [-0.4, -0.2) is 71.9 Å². The zero-order valence-electron chi connectivity index (χ0n) is 26.7. The molecule has 1 aliphatic heterocycles. The van der Waals surface area contributed by atoms with Crippen LogP contribution in [0.4, 0.5) is 5.82 Å². The predicted octanol–water partition coefficient (Wildman–Crippen LogP) is 5.60. The number of carbonyl (C=O) groups excluding carboxylic acids is 1. The van der Waals surface area contributed by atoms with Crippen molar-refractivity contribution in [2.24, 2.45) is 23.2 Å². The summed E-state index contributed by atoms with van der Waals surface area (Å²) in [5.74, 6) is 5.01. The van der Waals surface area contributed by atoms with Crippen molar-refractivity contribution in [3.05, 3.63) is 60.0 Å². The van der Waals surface area contributed by atoms with E-state index in [-0.39, 0.29) is 5.91 Å². The predicted molar refractivity (Wildman–Crippen MR) is 174 cm³/mol. The fourth-order valence-electron chi connectivity index (χ4n) is 8.86. The number of benzene rings is 1. The number of aromatic nitrogens is 3. The van der Waals surface area contributed by atoms with E-state index in [2.05, 4.69) is 48.5 Å². The third kappa shape index (κ3) is 6.78. The summed E-state index contributed by atoms with van der Waals surface area (Å²) in [7, 11) is 0. The Morgan fingerprint density at radius 2 is 1.53 bits per heavy atom. The molecule has 0 atom stereocenters. The number of nitrogens with zero attached hydrogens (tertiary/aromatic N) is 5. The minimum Gasteiger partial charge on any atom is -0.494 e. The lowest BCUT2D eigenvalue weighted by Gasteiger charge is -2.56. The highest BCUT2D eigenvalue weighted by Crippen LogP contribution is 2.59. The van der Waals surface area contributed by atoms with Gasteiger partial charge in [0.05, 0.1) is 19.4 Å². The lowest BCUT2D eigenvalue weighted by molar-refractivity contribution is -0.0503. The molecular formula is C36H46N6O3. The Hall–Kier alpha value is -3.72. The van der Waals surface area contributed by atoms with Crippen molar-refractivity contribution in [3.63, 3.8) is 0 Å². The maximum Gasteiger partial charge on any atom is 0.271 e. The van der Waals surface area contributed by atoms with Gasteiger partial charge in [-0.15, -0.1) is 10.2 Å². The standard InChI is InChI=1S/C36H46N6O3/c1-3-44-31-15-28(14-29(16-31)30-17-32(45-4-2)22-37-21-30)23-41-7-9-42(10-8-41)34-6-5-33(39-40-34)35(43)38-24-36-18-25-11-26(19-36)13-27(12-25)20-36/h5-6,14-17,21-22,25-27H,3-4,7-13,18-20,23-24H2,1-2H3,(H,38,43). The molecule has 4 saturated carbocycles. The zero-order valence-corrected chi connectivity index (χ0v) is 26.7. The lowest BCUT2D eigenvalue weighted by atomic mass is 9.49. The summed E-state index contributed by atoms with van der Waals surface area (Å²) in [5, 5.41) is 12.1. The van der Waals surface area contributed by atoms with Gasteiger partial charge >= 0.3 is 0 Å². The first-order valence-corrected chi connectivity index (χ1v) is 16.9. The van der Waals surface area contributed by atoms with Crippen LogP contribution in [0.25, 0.3) is 11.1 Å². The molecule has 4 aliphatic carbocycles. The molecule has 238 valence electrons. The van der Waals surface area contributed by atoms with Gasteiger partial charge in [-0.3, -0.25) is 14.7 Å². The molecule has 3 aromatic rings. The maximum absolute atomic E-state index is 13.0. The van der Waals surface area contributed by atoms with E-state index in [4.69, 9.17) is 9.47 Å². The lowest BCUT2D eigenvalue weighted by Crippen LogP contribution is -2.51. The van der Waals surface area contributed by atoms with Crippen molar-refractivity contribution in [1.82, 2.24) is 25.4 Å². The first-order valence-electron chi connectivity index (χ1n) is 16.9. The van der Waals surface area contributed by atoms with Crippen molar-refractivity contribution in [2.45, 2.75) is 58.9 Å². The van der Waals surface area contributed by atoms with Crippen molar-refractivity contribution >= 4 is 11.7 Å². The zero-order chi connectivity index (χ0) is 30.8. The Balaban J connectivity index is 0.935. The molecule has 1 amide bonds. The molecule has 1 aromatic carbocycles. The summed E-state index contributed by atoms with van der Waals surface area (Å²) >= 11 is 0. The molecule has 5 aliphatic rings. The second kappa shape index (κ2) is 12.9. The number of carbonyl (C=O) groups is 1. The van der Waals surface area contributed by atoms with Gasteiger partial charge < -0.3 is 19.7 Å². The minimum absolute atomic E-state index is 0.0938. The van der Waals surface area contributed by atoms with Gasteiger partial charge in [0.15, 0.2) is 11.5 Å². The fraction of sp³-hybridized carbons (Fsp3) is 0.556. The third-order valence-electron chi connectivity index (χ3n) is 10.4. The SMILES string of the molecule is CCOc1cncc(-c2cc(CN3CCN(c4ccc(C(=O)NCC56CC7CC(CC(C7)C5)C6)nn4)CC3)cc(OCC)c2)c1. The first kappa shape index (κ1) is 30.0. The van der Waals surface area contributed by atoms with Crippen molar-refractivity contribution in [1.29, 1.82) is 0 Å². The number of piperazine rings is 1. The van der Waals surface area contributed by atoms with Crippen LogP contribution < -0.4 is 19.7 Å². The number of amides is 1. The molecule has 8 rings (SSSR count). The summed E-state index contributed by atoms with van der Waals surface area (Å²) in [5.41, 5.74) is 4.01. The van der Waals surface area contributed by atoms with E-state index in [0.717, 1.165) is 85.5 Å². The highest BCUT2D eigenvalue weighted by Gasteiger charge is 2.50. The molecule has 0 unspecified atom stereocenters. The summed E-state index contributed by atoms with van der Waals surface area (Å²) in [6.07, 6.45) is 11.7. The largest absolute Gasteiger partial charge is 0.494 e. The van der Waals surface area contributed by atoms with Gasteiger partial charge in [-0.2, -0.15) is 0 Å². The quantitative estimate of drug-likeness (QED) is 0.300. The normalized spacial score (nSPS) is 25.7. The van der Waals surface area contributed by atoms with Gasteiger partial charge in [-0.25, -0.2) is 0 Å². The molecule has 9 nitrogen and oxygen atoms in total. The van der Waals surface area contributed by atoms with E-state index in [1.54, 1.807) is 6.20 Å². The van der Waals surface area contributed by atoms with Gasteiger partial charge in [0.1, 0.15) is 11.5 Å². The summed E-state index contributed by atoms with van der Waals surface area (Å²) in [6.45, 7) is 10.3. The van der Waals surface area contributed by atoms with Crippen LogP contribution in [0.2, 0.25) is 0 Å². The Labute approximate surface area is 266 Å². The fourth-order valence-corrected chi connectivity index (χ4v) is 8.86. The minimum atomic E-state index is -0.0938. The highest BCUT2D eigenvalue weighted by atomic mass is 16.5. The number of ether oxygens (including phenoxy) is 2. The second-order valence-electron chi connectivity index (χ2n) is 13.8. The van der Waals surface area contributed by atoms with Crippen molar-refractivity contribution in [3.8, 4) is 22.6 Å². The van der Waals surface area contributed by atoms with Crippen LogP contribution in [-0.2, 0) is 6.54 Å². The molecule has 4 bridgehead atoms. The summed E-state index contributed by atoms with van der Waals surface area (Å²) < 4.78 is 11.6. The molecular weight excluding hydrogens is 564 g/mol. The topological polar surface area (TPSA) is 92.7 Å². The van der Waals surface area contributed by atoms with Crippen LogP contribution in [0, 0.1) is 23.2 Å². The monoisotopic (exact) mass is 610 g/mol. The average molecular weight is 611 g/mol. The van der Waals surface area contributed by atoms with Gasteiger partial charge in [0.25, 0.3) is 5.91 Å². The summed E-state index contributed by atoms with van der Waals surface area (Å²) in [4.78, 5) is 22.1. The van der Waals surface area contributed by atoms with Gasteiger partial charge in [0, 0.05) is 51.0 Å². The van der Waals surface area contributed by atoms with E-state index in [9.17, 15) is 4.79 Å². The molecule has 3 heterocycles. The first-order chi connectivity index (χ1) is 22.0. The second-order valence-corrected chi connectivity index (χ2v) is 13.8. The molecule has 1 saturated heterocycles. The van der Waals surface area contributed by atoms with E-state index in [0.29, 0.717) is 24.3 Å². The molecule has 45 heavy (non-hydrogen) atoms. The molecule has 0 spiro atoms. The average Bonchev–Trinajstić information content (AvgIpc) is 3.04. The van der Waals surface area contributed by atoms with E-state index < -0.39 is 0 Å². The van der Waals surface area contributed by atoms with Crippen LogP contribution in [0.5, 0.6) is 11.5 Å². The summed E-state index contributed by atoms with van der Waals surface area (Å²) in [6, 6.07) is 12.2. The highest BCUT2D eigenvalue weighted by molar-refractivity contribution is 5.92. The Bertz CT molecular complexity index is 1450. The third-order valence-corrected chi connectivity index (χ3v) is 10.4. The number of hydrogen-bond donors (Lipinski definition) is 1. The molecule has 9 heteroatoms. The van der Waals surface area contributed by atoms with E-state index >= 15 is 0 Å². The number of nitrogens with one attached hydrogen (secondary N) is 1. The Kier molecular flexibility index (Phi) is 8.62. The van der Waals surface area contributed by atoms with E-state index in [1.807, 2.05) is 38.2 Å². The van der Waals surface area contributed by atoms with E-state index in [1.165, 1.54) is 44.1 Å². The van der Waals surface area contributed by atoms with Crippen LogP contribution in [0.3, 0.4) is 0 Å². The number of hydrogen-bond acceptors (Lipinski definition) is 8. The van der Waals surface area contributed by atoms with Crippen molar-refractivity contribution in [2.75, 3.05) is 50.8 Å². The number of pyridine rings is 1. The van der Waals surface area contributed by atoms with Crippen LogP contribution >= 0.6 is 0 Å². The maximum atomic E-state index is 13.0. The Morgan fingerprint density at radius 3 is 2.20 bits per heavy atom. The Morgan fingerprint density at radius 1 is 0.844 bits per heavy atom. The smallest absolute Gasteiger partial charge is 0.271 e. The van der Waals surface area contributed by atoms with Gasteiger partial charge in [-0.05, 0) is 123 Å². The van der Waals surface area contributed by atoms with Gasteiger partial charge in [-0.1, -0.05) is 0 Å². The molecule has 5 fully saturated rings. The molecule has 0 radical (unpaired) electrons. The van der Waals surface area contributed by atoms with Crippen LogP contribution in [0.1, 0.15) is 68.4 Å². The van der Waals surface area contributed by atoms with Gasteiger partial charge in [0.2, 0.25) is 0 Å². The number of rotatable bonds is 11. The van der Waals surface area contributed by atoms with Crippen molar-refractivity contribution < 1.29 is 14.3 Å². The molecule has 2 aromatic heterocycles.